The Kier molecular flexibility index (Phi) is 3.48. The number of hydrogen-bond acceptors (Lipinski definition) is 2. The van der Waals surface area contributed by atoms with Crippen molar-refractivity contribution in [3.05, 3.63) is 35.4 Å². The van der Waals surface area contributed by atoms with Crippen molar-refractivity contribution in [1.29, 1.82) is 0 Å². The molecule has 2 N–H and O–H groups in total. The van der Waals surface area contributed by atoms with Gasteiger partial charge in [0.15, 0.2) is 0 Å². The average molecular weight is 232 g/mol. The van der Waals surface area contributed by atoms with Crippen LogP contribution in [0, 0.1) is 12.8 Å². The average Bonchev–Trinajstić information content (AvgIpc) is 2.27. The molecule has 0 bridgehead atoms. The Balaban J connectivity index is 1.90. The Morgan fingerprint density at radius 1 is 1.35 bits per heavy atom. The van der Waals surface area contributed by atoms with Crippen LogP contribution in [-0.2, 0) is 11.3 Å². The third kappa shape index (κ3) is 2.86. The van der Waals surface area contributed by atoms with Crippen LogP contribution in [0.15, 0.2) is 24.3 Å². The van der Waals surface area contributed by atoms with E-state index in [0.29, 0.717) is 6.54 Å². The molecular weight excluding hydrogens is 212 g/mol. The fraction of sp³-hybridized carbons (Fsp3) is 0.500. The second-order valence-electron chi connectivity index (χ2n) is 5.11. The number of aryl methyl sites for hydroxylation is 1. The molecule has 0 unspecified atom stereocenters. The summed E-state index contributed by atoms with van der Waals surface area (Å²) >= 11 is 0. The first kappa shape index (κ1) is 12.1. The Morgan fingerprint density at radius 3 is 2.47 bits per heavy atom. The molecule has 0 saturated heterocycles. The lowest BCUT2D eigenvalue weighted by molar-refractivity contribution is -0.137. The van der Waals surface area contributed by atoms with Crippen molar-refractivity contribution in [2.45, 2.75) is 32.4 Å². The summed E-state index contributed by atoms with van der Waals surface area (Å²) in [5, 5.41) is 0. The molecule has 1 aromatic carbocycles. The SMILES string of the molecule is Cc1ccc(CN(C)C(=O)C2CC(N)C2)cc1. The third-order valence-electron chi connectivity index (χ3n) is 3.44. The molecule has 1 aliphatic rings. The highest BCUT2D eigenvalue weighted by atomic mass is 16.2. The zero-order chi connectivity index (χ0) is 12.4. The van der Waals surface area contributed by atoms with Crippen LogP contribution in [0.4, 0.5) is 0 Å². The van der Waals surface area contributed by atoms with Crippen LogP contribution >= 0.6 is 0 Å². The highest BCUT2D eigenvalue weighted by Crippen LogP contribution is 2.27. The van der Waals surface area contributed by atoms with Gasteiger partial charge in [0.05, 0.1) is 0 Å². The smallest absolute Gasteiger partial charge is 0.225 e. The molecule has 1 aliphatic carbocycles. The Labute approximate surface area is 103 Å². The van der Waals surface area contributed by atoms with Crippen LogP contribution in [0.5, 0.6) is 0 Å². The van der Waals surface area contributed by atoms with Gasteiger partial charge in [0.2, 0.25) is 5.91 Å². The summed E-state index contributed by atoms with van der Waals surface area (Å²) in [6.07, 6.45) is 1.69. The van der Waals surface area contributed by atoms with Crippen molar-refractivity contribution in [1.82, 2.24) is 4.90 Å². The van der Waals surface area contributed by atoms with Crippen LogP contribution in [0.3, 0.4) is 0 Å². The van der Waals surface area contributed by atoms with Crippen molar-refractivity contribution < 1.29 is 4.79 Å². The number of nitrogens with zero attached hydrogens (tertiary/aromatic N) is 1. The molecule has 0 spiro atoms. The highest BCUT2D eigenvalue weighted by molar-refractivity contribution is 5.79. The molecule has 1 aromatic rings. The maximum absolute atomic E-state index is 12.0. The molecule has 0 aromatic heterocycles. The van der Waals surface area contributed by atoms with Crippen LogP contribution in [0.25, 0.3) is 0 Å². The van der Waals surface area contributed by atoms with E-state index in [9.17, 15) is 4.79 Å². The van der Waals surface area contributed by atoms with Crippen LogP contribution in [0.1, 0.15) is 24.0 Å². The molecule has 3 heteroatoms. The van der Waals surface area contributed by atoms with E-state index in [0.717, 1.165) is 12.8 Å². The summed E-state index contributed by atoms with van der Waals surface area (Å²) in [6.45, 7) is 2.75. The first-order valence-electron chi connectivity index (χ1n) is 6.12. The Bertz CT molecular complexity index is 393. The summed E-state index contributed by atoms with van der Waals surface area (Å²) in [6, 6.07) is 8.54. The van der Waals surface area contributed by atoms with E-state index < -0.39 is 0 Å². The zero-order valence-electron chi connectivity index (χ0n) is 10.5. The van der Waals surface area contributed by atoms with Crippen molar-refractivity contribution >= 4 is 5.91 Å². The molecule has 3 nitrogen and oxygen atoms in total. The predicted molar refractivity (Wildman–Crippen MR) is 68.4 cm³/mol. The molecule has 0 heterocycles. The van der Waals surface area contributed by atoms with Crippen molar-refractivity contribution in [3.8, 4) is 0 Å². The van der Waals surface area contributed by atoms with Crippen molar-refractivity contribution in [2.75, 3.05) is 7.05 Å². The number of amides is 1. The van der Waals surface area contributed by atoms with Crippen molar-refractivity contribution in [3.63, 3.8) is 0 Å². The minimum absolute atomic E-state index is 0.153. The maximum atomic E-state index is 12.0. The predicted octanol–water partition coefficient (Wildman–Crippen LogP) is 1.69. The minimum Gasteiger partial charge on any atom is -0.341 e. The van der Waals surface area contributed by atoms with Crippen LogP contribution in [-0.4, -0.2) is 23.9 Å². The number of rotatable bonds is 3. The number of carbonyl (C=O) groups excluding carboxylic acids is 1. The van der Waals surface area contributed by atoms with Gasteiger partial charge in [-0.3, -0.25) is 4.79 Å². The van der Waals surface area contributed by atoms with Gasteiger partial charge in [-0.05, 0) is 25.3 Å². The lowest BCUT2D eigenvalue weighted by Gasteiger charge is -2.34. The quantitative estimate of drug-likeness (QED) is 0.862. The fourth-order valence-corrected chi connectivity index (χ4v) is 2.22. The van der Waals surface area contributed by atoms with Gasteiger partial charge in [0.25, 0.3) is 0 Å². The second kappa shape index (κ2) is 4.88. The molecule has 0 atom stereocenters. The lowest BCUT2D eigenvalue weighted by Crippen LogP contribution is -2.45. The first-order valence-corrected chi connectivity index (χ1v) is 6.12. The maximum Gasteiger partial charge on any atom is 0.225 e. The first-order chi connectivity index (χ1) is 8.06. The summed E-state index contributed by atoms with van der Waals surface area (Å²) in [4.78, 5) is 13.8. The molecule has 1 saturated carbocycles. The van der Waals surface area contributed by atoms with E-state index in [1.807, 2.05) is 7.05 Å². The van der Waals surface area contributed by atoms with Gasteiger partial charge < -0.3 is 10.6 Å². The molecular formula is C14H20N2O. The van der Waals surface area contributed by atoms with E-state index in [1.165, 1.54) is 11.1 Å². The molecule has 0 radical (unpaired) electrons. The number of carbonyl (C=O) groups is 1. The minimum atomic E-state index is 0.153. The number of hydrogen-bond donors (Lipinski definition) is 1. The molecule has 2 rings (SSSR count). The summed E-state index contributed by atoms with van der Waals surface area (Å²) < 4.78 is 0. The lowest BCUT2D eigenvalue weighted by atomic mass is 9.80. The monoisotopic (exact) mass is 232 g/mol. The highest BCUT2D eigenvalue weighted by Gasteiger charge is 2.33. The van der Waals surface area contributed by atoms with Crippen molar-refractivity contribution in [2.24, 2.45) is 11.7 Å². The zero-order valence-corrected chi connectivity index (χ0v) is 10.5. The summed E-state index contributed by atoms with van der Waals surface area (Å²) in [5.41, 5.74) is 8.12. The second-order valence-corrected chi connectivity index (χ2v) is 5.11. The Morgan fingerprint density at radius 2 is 1.94 bits per heavy atom. The van der Waals surface area contributed by atoms with Gasteiger partial charge in [-0.2, -0.15) is 0 Å². The van der Waals surface area contributed by atoms with Crippen LogP contribution < -0.4 is 5.73 Å². The van der Waals surface area contributed by atoms with E-state index in [-0.39, 0.29) is 17.9 Å². The third-order valence-corrected chi connectivity index (χ3v) is 3.44. The number of nitrogens with two attached hydrogens (primary N) is 1. The van der Waals surface area contributed by atoms with Crippen LogP contribution in [0.2, 0.25) is 0 Å². The van der Waals surface area contributed by atoms with E-state index in [4.69, 9.17) is 5.73 Å². The number of benzene rings is 1. The topological polar surface area (TPSA) is 46.3 Å². The Hall–Kier alpha value is -1.35. The van der Waals surface area contributed by atoms with Gasteiger partial charge in [-0.1, -0.05) is 29.8 Å². The molecule has 17 heavy (non-hydrogen) atoms. The molecule has 1 amide bonds. The largest absolute Gasteiger partial charge is 0.341 e. The van der Waals surface area contributed by atoms with E-state index >= 15 is 0 Å². The van der Waals surface area contributed by atoms with Gasteiger partial charge in [0, 0.05) is 25.6 Å². The standard InChI is InChI=1S/C14H20N2O/c1-10-3-5-11(6-4-10)9-16(2)14(17)12-7-13(15)8-12/h3-6,12-13H,7-9,15H2,1-2H3. The van der Waals surface area contributed by atoms with E-state index in [2.05, 4.69) is 31.2 Å². The van der Waals surface area contributed by atoms with Gasteiger partial charge >= 0.3 is 0 Å². The molecule has 1 fully saturated rings. The van der Waals surface area contributed by atoms with Gasteiger partial charge in [-0.15, -0.1) is 0 Å². The summed E-state index contributed by atoms with van der Waals surface area (Å²) in [5.74, 6) is 0.382. The summed E-state index contributed by atoms with van der Waals surface area (Å²) in [7, 11) is 1.87. The fourth-order valence-electron chi connectivity index (χ4n) is 2.22. The van der Waals surface area contributed by atoms with Gasteiger partial charge in [0.1, 0.15) is 0 Å². The van der Waals surface area contributed by atoms with E-state index in [1.54, 1.807) is 4.90 Å². The van der Waals surface area contributed by atoms with Gasteiger partial charge in [-0.25, -0.2) is 0 Å². The molecule has 0 aliphatic heterocycles. The normalized spacial score (nSPS) is 23.0. The molecule has 92 valence electrons.